The predicted octanol–water partition coefficient (Wildman–Crippen LogP) is 3.49. The van der Waals surface area contributed by atoms with E-state index < -0.39 is 23.5 Å². The van der Waals surface area contributed by atoms with E-state index >= 15 is 0 Å². The Morgan fingerprint density at radius 1 is 1.17 bits per heavy atom. The summed E-state index contributed by atoms with van der Waals surface area (Å²) in [5.74, 6) is -1.52. The summed E-state index contributed by atoms with van der Waals surface area (Å²) in [6.07, 6.45) is -0.279. The number of halogens is 1. The van der Waals surface area contributed by atoms with E-state index in [0.717, 1.165) is 16.7 Å². The van der Waals surface area contributed by atoms with Gasteiger partial charge in [0.05, 0.1) is 0 Å². The summed E-state index contributed by atoms with van der Waals surface area (Å²) >= 11 is 6.15. The maximum absolute atomic E-state index is 12.4. The van der Waals surface area contributed by atoms with Gasteiger partial charge in [0.15, 0.2) is 0 Å². The molecule has 0 aliphatic heterocycles. The maximum Gasteiger partial charge on any atom is 0.318 e. The Balaban J connectivity index is 2.06. The molecule has 4 nitrogen and oxygen atoms in total. The van der Waals surface area contributed by atoms with Crippen molar-refractivity contribution in [2.75, 3.05) is 0 Å². The summed E-state index contributed by atoms with van der Waals surface area (Å²) in [7, 11) is 0. The summed E-state index contributed by atoms with van der Waals surface area (Å²) < 4.78 is 5.51. The minimum absolute atomic E-state index is 0.168. The van der Waals surface area contributed by atoms with Crippen LogP contribution >= 0.6 is 11.6 Å². The van der Waals surface area contributed by atoms with Crippen LogP contribution in [0.5, 0.6) is 0 Å². The summed E-state index contributed by atoms with van der Waals surface area (Å²) in [6, 6.07) is 12.8. The molecule has 5 rings (SSSR count). The van der Waals surface area contributed by atoms with Crippen LogP contribution in [0.3, 0.4) is 0 Å². The van der Waals surface area contributed by atoms with E-state index in [2.05, 4.69) is 0 Å². The lowest BCUT2D eigenvalue weighted by molar-refractivity contribution is -0.154. The number of hydrogen-bond donors (Lipinski definition) is 1. The third kappa shape index (κ3) is 1.86. The SMILES string of the molecule is CC(=O)OC1CC2(C(=O)O)c3ccccc3C1c1ccc(Cl)cc12. The van der Waals surface area contributed by atoms with Crippen LogP contribution in [-0.4, -0.2) is 23.1 Å². The first-order valence-electron chi connectivity index (χ1n) is 7.75. The van der Waals surface area contributed by atoms with Gasteiger partial charge in [-0.05, 0) is 34.4 Å². The zero-order chi connectivity index (χ0) is 17.1. The molecule has 0 saturated carbocycles. The number of aliphatic carboxylic acids is 1. The van der Waals surface area contributed by atoms with Gasteiger partial charge in [-0.3, -0.25) is 9.59 Å². The molecule has 0 saturated heterocycles. The van der Waals surface area contributed by atoms with Gasteiger partial charge in [-0.25, -0.2) is 0 Å². The van der Waals surface area contributed by atoms with Gasteiger partial charge in [-0.1, -0.05) is 41.9 Å². The highest BCUT2D eigenvalue weighted by Gasteiger charge is 2.58. The molecule has 1 N–H and O–H groups in total. The van der Waals surface area contributed by atoms with Crippen LogP contribution in [-0.2, 0) is 19.7 Å². The molecule has 2 aromatic carbocycles. The van der Waals surface area contributed by atoms with Crippen molar-refractivity contribution >= 4 is 23.5 Å². The lowest BCUT2D eigenvalue weighted by atomic mass is 9.54. The van der Waals surface area contributed by atoms with Gasteiger partial charge in [0, 0.05) is 24.3 Å². The summed E-state index contributed by atoms with van der Waals surface area (Å²) in [6.45, 7) is 1.35. The summed E-state index contributed by atoms with van der Waals surface area (Å²) in [5.41, 5.74) is 2.01. The van der Waals surface area contributed by atoms with E-state index in [9.17, 15) is 14.7 Å². The van der Waals surface area contributed by atoms with Gasteiger partial charge in [-0.15, -0.1) is 0 Å². The van der Waals surface area contributed by atoms with Crippen LogP contribution in [0, 0.1) is 0 Å². The third-order valence-corrected chi connectivity index (χ3v) is 5.36. The molecular formula is C19H15ClO4. The molecule has 2 aromatic rings. The summed E-state index contributed by atoms with van der Waals surface area (Å²) in [5, 5.41) is 10.7. The van der Waals surface area contributed by atoms with Crippen molar-refractivity contribution in [1.82, 2.24) is 0 Å². The number of hydrogen-bond acceptors (Lipinski definition) is 3. The van der Waals surface area contributed by atoms with Crippen molar-refractivity contribution < 1.29 is 19.4 Å². The molecule has 3 aliphatic rings. The van der Waals surface area contributed by atoms with Crippen LogP contribution in [0.4, 0.5) is 0 Å². The van der Waals surface area contributed by atoms with Gasteiger partial charge in [0.25, 0.3) is 0 Å². The monoisotopic (exact) mass is 342 g/mol. The average Bonchev–Trinajstić information content (AvgIpc) is 2.54. The Bertz CT molecular complexity index is 875. The molecule has 24 heavy (non-hydrogen) atoms. The second kappa shape index (κ2) is 5.08. The summed E-state index contributed by atoms with van der Waals surface area (Å²) in [4.78, 5) is 24.0. The van der Waals surface area contributed by atoms with Gasteiger partial charge in [0.1, 0.15) is 11.5 Å². The molecule has 3 atom stereocenters. The Labute approximate surface area is 144 Å². The first kappa shape index (κ1) is 15.2. The number of rotatable bonds is 2. The molecule has 122 valence electrons. The second-order valence-electron chi connectivity index (χ2n) is 6.36. The number of carbonyl (C=O) groups is 2. The third-order valence-electron chi connectivity index (χ3n) is 5.13. The van der Waals surface area contributed by atoms with Crippen molar-refractivity contribution in [1.29, 1.82) is 0 Å². The molecular weight excluding hydrogens is 328 g/mol. The highest BCUT2D eigenvalue weighted by Crippen LogP contribution is 2.57. The molecule has 0 spiro atoms. The number of benzene rings is 2. The number of ether oxygens (including phenoxy) is 1. The van der Waals surface area contributed by atoms with Gasteiger partial charge in [-0.2, -0.15) is 0 Å². The van der Waals surface area contributed by atoms with Crippen LogP contribution in [0.15, 0.2) is 42.5 Å². The fourth-order valence-electron chi connectivity index (χ4n) is 4.32. The van der Waals surface area contributed by atoms with Crippen LogP contribution in [0.1, 0.15) is 41.5 Å². The van der Waals surface area contributed by atoms with E-state index in [1.807, 2.05) is 30.3 Å². The van der Waals surface area contributed by atoms with Gasteiger partial charge >= 0.3 is 11.9 Å². The van der Waals surface area contributed by atoms with Crippen LogP contribution in [0.25, 0.3) is 0 Å². The largest absolute Gasteiger partial charge is 0.480 e. The topological polar surface area (TPSA) is 63.6 Å². The minimum Gasteiger partial charge on any atom is -0.480 e. The molecule has 3 unspecified atom stereocenters. The zero-order valence-electron chi connectivity index (χ0n) is 13.0. The fourth-order valence-corrected chi connectivity index (χ4v) is 4.49. The number of esters is 1. The van der Waals surface area contributed by atoms with E-state index in [1.54, 1.807) is 12.1 Å². The highest BCUT2D eigenvalue weighted by atomic mass is 35.5. The van der Waals surface area contributed by atoms with Crippen molar-refractivity contribution in [2.45, 2.75) is 30.8 Å². The van der Waals surface area contributed by atoms with E-state index in [4.69, 9.17) is 16.3 Å². The van der Waals surface area contributed by atoms with E-state index in [0.29, 0.717) is 10.6 Å². The molecule has 0 amide bonds. The van der Waals surface area contributed by atoms with Crippen LogP contribution in [0.2, 0.25) is 5.02 Å². The van der Waals surface area contributed by atoms with Crippen molar-refractivity contribution in [3.8, 4) is 0 Å². The second-order valence-corrected chi connectivity index (χ2v) is 6.80. The Morgan fingerprint density at radius 2 is 1.88 bits per heavy atom. The van der Waals surface area contributed by atoms with E-state index in [-0.39, 0.29) is 12.3 Å². The zero-order valence-corrected chi connectivity index (χ0v) is 13.7. The van der Waals surface area contributed by atoms with Crippen LogP contribution < -0.4 is 0 Å². The van der Waals surface area contributed by atoms with E-state index in [1.165, 1.54) is 6.92 Å². The van der Waals surface area contributed by atoms with Crippen molar-refractivity contribution in [3.05, 3.63) is 69.7 Å². The van der Waals surface area contributed by atoms with Gasteiger partial charge in [0.2, 0.25) is 0 Å². The molecule has 0 fully saturated rings. The first-order chi connectivity index (χ1) is 11.4. The Morgan fingerprint density at radius 3 is 2.58 bits per heavy atom. The lowest BCUT2D eigenvalue weighted by Gasteiger charge is -2.50. The average molecular weight is 343 g/mol. The maximum atomic E-state index is 12.4. The van der Waals surface area contributed by atoms with Crippen molar-refractivity contribution in [3.63, 3.8) is 0 Å². The molecule has 5 heteroatoms. The lowest BCUT2D eigenvalue weighted by Crippen LogP contribution is -2.52. The number of carboxylic acid groups (broad SMARTS) is 1. The molecule has 0 aromatic heterocycles. The smallest absolute Gasteiger partial charge is 0.318 e. The van der Waals surface area contributed by atoms with Crippen molar-refractivity contribution in [2.24, 2.45) is 0 Å². The van der Waals surface area contributed by atoms with Gasteiger partial charge < -0.3 is 9.84 Å². The highest BCUT2D eigenvalue weighted by molar-refractivity contribution is 6.30. The first-order valence-corrected chi connectivity index (χ1v) is 8.13. The minimum atomic E-state index is -1.24. The Hall–Kier alpha value is -2.33. The number of carbonyl (C=O) groups excluding carboxylic acids is 1. The fraction of sp³-hybridized carbons (Fsp3) is 0.263. The number of carboxylic acids is 1. The predicted molar refractivity (Wildman–Crippen MR) is 88.3 cm³/mol. The number of fused-ring (bicyclic) bond motifs is 1. The quantitative estimate of drug-likeness (QED) is 0.848. The molecule has 0 radical (unpaired) electrons. The molecule has 2 bridgehead atoms. The normalized spacial score (nSPS) is 26.4. The standard InChI is InChI=1S/C19H15ClO4/c1-10(21)24-16-9-19(18(22)23)14-5-3-2-4-12(14)17(16)13-7-6-11(20)8-15(13)19/h2-8,16-17H,9H2,1H3,(H,22,23). The molecule has 0 heterocycles. The Kier molecular flexibility index (Phi) is 3.22. The molecule has 3 aliphatic carbocycles.